The number of allylic oxidation sites excluding steroid dienone is 1. The molecule has 0 atom stereocenters. The summed E-state index contributed by atoms with van der Waals surface area (Å²) in [6.45, 7) is 0. The van der Waals surface area contributed by atoms with E-state index < -0.39 is 0 Å². The van der Waals surface area contributed by atoms with Gasteiger partial charge in [-0.2, -0.15) is 5.26 Å². The maximum atomic E-state index is 8.85. The lowest BCUT2D eigenvalue weighted by atomic mass is 10.0. The minimum absolute atomic E-state index is 0.816. The fourth-order valence-corrected chi connectivity index (χ4v) is 2.33. The van der Waals surface area contributed by atoms with Crippen molar-refractivity contribution >= 4 is 16.9 Å². The van der Waals surface area contributed by atoms with Gasteiger partial charge in [0.1, 0.15) is 5.75 Å². The van der Waals surface area contributed by atoms with E-state index in [4.69, 9.17) is 10.00 Å². The third-order valence-corrected chi connectivity index (χ3v) is 3.30. The van der Waals surface area contributed by atoms with Crippen LogP contribution in [0.5, 0.6) is 5.75 Å². The second-order valence-corrected chi connectivity index (χ2v) is 4.34. The second kappa shape index (κ2) is 5.33. The second-order valence-electron chi connectivity index (χ2n) is 3.39. The highest BCUT2D eigenvalue weighted by molar-refractivity contribution is 7.11. The molecule has 0 aliphatic heterocycles. The molecule has 0 aliphatic rings. The Labute approximate surface area is 104 Å². The number of benzene rings is 1. The molecule has 3 heteroatoms. The number of thiophene rings is 1. The fourth-order valence-electron chi connectivity index (χ4n) is 1.56. The summed E-state index contributed by atoms with van der Waals surface area (Å²) in [7, 11) is 1.64. The Morgan fingerprint density at radius 1 is 1.29 bits per heavy atom. The minimum atomic E-state index is 0.816. The van der Waals surface area contributed by atoms with E-state index >= 15 is 0 Å². The quantitative estimate of drug-likeness (QED) is 0.767. The van der Waals surface area contributed by atoms with Crippen molar-refractivity contribution in [3.05, 3.63) is 58.3 Å². The lowest BCUT2D eigenvalue weighted by Crippen LogP contribution is -1.86. The highest BCUT2D eigenvalue weighted by Crippen LogP contribution is 2.28. The summed E-state index contributed by atoms with van der Waals surface area (Å²) < 4.78 is 5.12. The van der Waals surface area contributed by atoms with Crippen molar-refractivity contribution in [2.45, 2.75) is 0 Å². The molecule has 0 radical (unpaired) electrons. The van der Waals surface area contributed by atoms with E-state index in [0.717, 1.165) is 21.8 Å². The van der Waals surface area contributed by atoms with Gasteiger partial charge in [-0.05, 0) is 29.1 Å². The Kier molecular flexibility index (Phi) is 3.59. The molecule has 1 heterocycles. The third-order valence-electron chi connectivity index (χ3n) is 2.40. The number of ether oxygens (including phenoxy) is 1. The summed E-state index contributed by atoms with van der Waals surface area (Å²) in [5.41, 5.74) is 1.97. The molecule has 0 saturated heterocycles. The topological polar surface area (TPSA) is 33.0 Å². The lowest BCUT2D eigenvalue weighted by Gasteiger charge is -2.05. The molecular weight excluding hydrogens is 230 g/mol. The maximum absolute atomic E-state index is 8.85. The third kappa shape index (κ3) is 2.55. The van der Waals surface area contributed by atoms with Crippen LogP contribution >= 0.6 is 11.3 Å². The molecule has 0 amide bonds. The van der Waals surface area contributed by atoms with Crippen molar-refractivity contribution in [1.29, 1.82) is 5.26 Å². The van der Waals surface area contributed by atoms with Crippen LogP contribution in [-0.4, -0.2) is 7.11 Å². The zero-order chi connectivity index (χ0) is 12.1. The molecular formula is C14H11NOS. The number of nitrogens with zero attached hydrogens (tertiary/aromatic N) is 1. The van der Waals surface area contributed by atoms with Crippen LogP contribution in [-0.2, 0) is 0 Å². The van der Waals surface area contributed by atoms with Gasteiger partial charge in [-0.25, -0.2) is 0 Å². The zero-order valence-electron chi connectivity index (χ0n) is 9.38. The fraction of sp³-hybridized carbons (Fsp3) is 0.0714. The highest BCUT2D eigenvalue weighted by atomic mass is 32.1. The van der Waals surface area contributed by atoms with E-state index in [1.54, 1.807) is 24.5 Å². The predicted octanol–water partition coefficient (Wildman–Crippen LogP) is 3.71. The van der Waals surface area contributed by atoms with E-state index in [0.29, 0.717) is 0 Å². The monoisotopic (exact) mass is 241 g/mol. The average Bonchev–Trinajstić information content (AvgIpc) is 2.90. The Hall–Kier alpha value is -2.05. The van der Waals surface area contributed by atoms with E-state index in [-0.39, 0.29) is 0 Å². The smallest absolute Gasteiger partial charge is 0.118 e. The van der Waals surface area contributed by atoms with Crippen LogP contribution in [0.2, 0.25) is 0 Å². The van der Waals surface area contributed by atoms with Gasteiger partial charge in [-0.3, -0.25) is 0 Å². The van der Waals surface area contributed by atoms with Gasteiger partial charge in [0.2, 0.25) is 0 Å². The highest BCUT2D eigenvalue weighted by Gasteiger charge is 2.05. The van der Waals surface area contributed by atoms with Crippen molar-refractivity contribution in [3.8, 4) is 11.8 Å². The maximum Gasteiger partial charge on any atom is 0.118 e. The summed E-state index contributed by atoms with van der Waals surface area (Å²) >= 11 is 1.63. The molecule has 2 nitrogen and oxygen atoms in total. The van der Waals surface area contributed by atoms with Gasteiger partial charge in [-0.15, -0.1) is 11.3 Å². The molecule has 17 heavy (non-hydrogen) atoms. The van der Waals surface area contributed by atoms with Crippen LogP contribution in [0, 0.1) is 11.3 Å². The first-order chi connectivity index (χ1) is 8.35. The van der Waals surface area contributed by atoms with Gasteiger partial charge in [0.15, 0.2) is 0 Å². The molecule has 1 aromatic carbocycles. The molecule has 2 rings (SSSR count). The number of methoxy groups -OCH3 is 1. The predicted molar refractivity (Wildman–Crippen MR) is 70.0 cm³/mol. The number of hydrogen-bond acceptors (Lipinski definition) is 3. The molecule has 0 unspecified atom stereocenters. The summed E-state index contributed by atoms with van der Waals surface area (Å²) in [6.07, 6.45) is 1.58. The van der Waals surface area contributed by atoms with Crippen LogP contribution in [0.1, 0.15) is 10.4 Å². The Balaban J connectivity index is 2.41. The minimum Gasteiger partial charge on any atom is -0.497 e. The van der Waals surface area contributed by atoms with Gasteiger partial charge >= 0.3 is 0 Å². The van der Waals surface area contributed by atoms with E-state index in [9.17, 15) is 0 Å². The van der Waals surface area contributed by atoms with E-state index in [2.05, 4.69) is 6.07 Å². The van der Waals surface area contributed by atoms with Gasteiger partial charge in [0.25, 0.3) is 0 Å². The molecule has 0 fully saturated rings. The van der Waals surface area contributed by atoms with Gasteiger partial charge < -0.3 is 4.74 Å². The zero-order valence-corrected chi connectivity index (χ0v) is 10.2. The van der Waals surface area contributed by atoms with E-state index in [1.807, 2.05) is 41.8 Å². The SMILES string of the molecule is COc1ccc(/C(=C\C#N)c2cccs2)cc1. The molecule has 0 spiro atoms. The van der Waals surface area contributed by atoms with E-state index in [1.165, 1.54) is 0 Å². The first-order valence-electron chi connectivity index (χ1n) is 5.13. The average molecular weight is 241 g/mol. The largest absolute Gasteiger partial charge is 0.497 e. The molecule has 1 aromatic heterocycles. The Bertz CT molecular complexity index is 547. The standard InChI is InChI=1S/C14H11NOS/c1-16-12-6-4-11(5-7-12)13(8-9-15)14-3-2-10-17-14/h2-8,10H,1H3/b13-8+. The van der Waals surface area contributed by atoms with Crippen molar-refractivity contribution in [2.24, 2.45) is 0 Å². The van der Waals surface area contributed by atoms with Crippen LogP contribution in [0.3, 0.4) is 0 Å². The van der Waals surface area contributed by atoms with Crippen molar-refractivity contribution in [2.75, 3.05) is 7.11 Å². The summed E-state index contributed by atoms with van der Waals surface area (Å²) in [5.74, 6) is 0.816. The van der Waals surface area contributed by atoms with Crippen LogP contribution < -0.4 is 4.74 Å². The van der Waals surface area contributed by atoms with Gasteiger partial charge in [-0.1, -0.05) is 18.2 Å². The van der Waals surface area contributed by atoms with Gasteiger partial charge in [0.05, 0.1) is 13.2 Å². The van der Waals surface area contributed by atoms with Crippen LogP contribution in [0.4, 0.5) is 0 Å². The van der Waals surface area contributed by atoms with Crippen molar-refractivity contribution in [3.63, 3.8) is 0 Å². The number of rotatable bonds is 3. The summed E-state index contributed by atoms with van der Waals surface area (Å²) in [6, 6.07) is 13.8. The molecule has 0 N–H and O–H groups in total. The molecule has 0 bridgehead atoms. The summed E-state index contributed by atoms with van der Waals surface area (Å²) in [4.78, 5) is 1.09. The molecule has 2 aromatic rings. The number of nitriles is 1. The van der Waals surface area contributed by atoms with Crippen LogP contribution in [0.15, 0.2) is 47.9 Å². The first-order valence-corrected chi connectivity index (χ1v) is 6.01. The van der Waals surface area contributed by atoms with Crippen molar-refractivity contribution < 1.29 is 4.74 Å². The Morgan fingerprint density at radius 2 is 2.06 bits per heavy atom. The van der Waals surface area contributed by atoms with Crippen molar-refractivity contribution in [1.82, 2.24) is 0 Å². The Morgan fingerprint density at radius 3 is 2.59 bits per heavy atom. The lowest BCUT2D eigenvalue weighted by molar-refractivity contribution is 0.415. The summed E-state index contributed by atoms with van der Waals surface area (Å²) in [5, 5.41) is 10.9. The molecule has 0 aliphatic carbocycles. The normalized spacial score (nSPS) is 10.9. The molecule has 84 valence electrons. The van der Waals surface area contributed by atoms with Gasteiger partial charge in [0, 0.05) is 16.5 Å². The number of hydrogen-bond donors (Lipinski definition) is 0. The molecule has 0 saturated carbocycles. The first kappa shape index (κ1) is 11.4. The van der Waals surface area contributed by atoms with Crippen LogP contribution in [0.25, 0.3) is 5.57 Å².